The van der Waals surface area contributed by atoms with Crippen LogP contribution >= 0.6 is 39.1 Å². The van der Waals surface area contributed by atoms with Crippen LogP contribution in [0.4, 0.5) is 0 Å². The second-order valence-electron chi connectivity index (χ2n) is 3.74. The molecule has 0 heterocycles. The fourth-order valence-electron chi connectivity index (χ4n) is 1.27. The number of nitrogens with one attached hydrogen (secondary N) is 3. The highest BCUT2D eigenvalue weighted by Crippen LogP contribution is 1.85. The largest absolute Gasteiger partial charge is 0.390 e. The summed E-state index contributed by atoms with van der Waals surface area (Å²) in [6.07, 6.45) is 11.5. The van der Waals surface area contributed by atoms with E-state index >= 15 is 0 Å². The third kappa shape index (κ3) is 14.1. The molecule has 0 unspecified atom stereocenters. The van der Waals surface area contributed by atoms with Gasteiger partial charge >= 0.3 is 0 Å². The Morgan fingerprint density at radius 3 is 1.95 bits per heavy atom. The van der Waals surface area contributed by atoms with Crippen LogP contribution in [0.25, 0.3) is 0 Å². The molecule has 0 aromatic carbocycles. The predicted molar refractivity (Wildman–Crippen MR) is 93.4 cm³/mol. The minimum absolute atomic E-state index is 0.518. The Morgan fingerprint density at radius 1 is 0.850 bits per heavy atom. The van der Waals surface area contributed by atoms with E-state index in [1.54, 1.807) is 0 Å². The molecule has 0 radical (unpaired) electrons. The molecule has 3 N–H and O–H groups in total. The van der Waals surface area contributed by atoms with Gasteiger partial charge in [0, 0.05) is 30.2 Å². The van der Waals surface area contributed by atoms with Gasteiger partial charge in [-0.1, -0.05) is 34.2 Å². The second-order valence-corrected chi connectivity index (χ2v) is 5.01. The normalized spacial score (nSPS) is 12.0. The molecule has 0 aliphatic carbocycles. The average molecular weight is 386 g/mol. The highest BCUT2D eigenvalue weighted by molar-refractivity contribution is 9.09. The number of allylic oxidation sites excluding steroid dienone is 3. The van der Waals surface area contributed by atoms with E-state index < -0.39 is 0 Å². The van der Waals surface area contributed by atoms with E-state index in [2.05, 4.69) is 36.8 Å². The lowest BCUT2D eigenvalue weighted by Crippen LogP contribution is -2.40. The molecule has 0 aromatic heterocycles. The topological polar surface area (TPSA) is 39.3 Å². The molecule has 4 nitrogen and oxygen atoms in total. The summed E-state index contributed by atoms with van der Waals surface area (Å²) in [6.45, 7) is 3.29. The Kier molecular flexibility index (Phi) is 16.4. The van der Waals surface area contributed by atoms with Crippen LogP contribution in [0.5, 0.6) is 0 Å². The fraction of sp³-hybridized carbons (Fsp3) is 0.538. The zero-order valence-corrected chi connectivity index (χ0v) is 14.6. The number of hydrogen-bond donors (Lipinski definition) is 3. The maximum Gasteiger partial charge on any atom is 0.0688 e. The van der Waals surface area contributed by atoms with Gasteiger partial charge in [-0.15, -0.1) is 23.2 Å². The number of rotatable bonds is 13. The summed E-state index contributed by atoms with van der Waals surface area (Å²) in [5.74, 6) is 1.05. The Labute approximate surface area is 140 Å². The highest BCUT2D eigenvalue weighted by atomic mass is 79.9. The van der Waals surface area contributed by atoms with Crippen LogP contribution < -0.4 is 16.0 Å². The van der Waals surface area contributed by atoms with Gasteiger partial charge < -0.3 is 16.0 Å². The van der Waals surface area contributed by atoms with E-state index in [0.717, 1.165) is 31.8 Å². The lowest BCUT2D eigenvalue weighted by atomic mass is 10.5. The molecule has 116 valence electrons. The van der Waals surface area contributed by atoms with Crippen LogP contribution in [-0.4, -0.2) is 48.4 Å². The minimum Gasteiger partial charge on any atom is -0.390 e. The zero-order valence-electron chi connectivity index (χ0n) is 11.5. The molecular weight excluding hydrogens is 363 g/mol. The Balaban J connectivity index is 3.93. The van der Waals surface area contributed by atoms with Crippen molar-refractivity contribution in [3.63, 3.8) is 0 Å². The first-order chi connectivity index (χ1) is 9.85. The highest BCUT2D eigenvalue weighted by Gasteiger charge is 2.00. The quantitative estimate of drug-likeness (QED) is 0.258. The zero-order chi connectivity index (χ0) is 14.9. The maximum atomic E-state index is 5.57. The van der Waals surface area contributed by atoms with Gasteiger partial charge in [-0.25, -0.2) is 0 Å². The number of halogens is 3. The molecule has 20 heavy (non-hydrogen) atoms. The molecule has 0 fully saturated rings. The molecule has 0 saturated heterocycles. The first kappa shape index (κ1) is 19.6. The standard InChI is InChI=1S/C13H23BrCl2N4/c14-4-1-7-18-12-20(13-19-9-3-6-16)11-10-17-8-2-5-15/h1-3,7-9,17-19H,4-6,10-13H2. The molecule has 0 aliphatic rings. The summed E-state index contributed by atoms with van der Waals surface area (Å²) in [7, 11) is 0. The minimum atomic E-state index is 0.518. The lowest BCUT2D eigenvalue weighted by molar-refractivity contribution is 0.258. The SMILES string of the molecule is ClCC=CNCCN(CNC=CCCl)CNC=CCBr. The van der Waals surface area contributed by atoms with Crippen molar-refractivity contribution in [3.05, 3.63) is 36.8 Å². The van der Waals surface area contributed by atoms with Crippen molar-refractivity contribution in [1.29, 1.82) is 0 Å². The summed E-state index contributed by atoms with van der Waals surface area (Å²) in [4.78, 5) is 2.23. The summed E-state index contributed by atoms with van der Waals surface area (Å²) < 4.78 is 0. The van der Waals surface area contributed by atoms with E-state index in [9.17, 15) is 0 Å². The first-order valence-corrected chi connectivity index (χ1v) is 8.59. The average Bonchev–Trinajstić information content (AvgIpc) is 2.47. The Morgan fingerprint density at radius 2 is 1.40 bits per heavy atom. The molecule has 0 rings (SSSR count). The van der Waals surface area contributed by atoms with Gasteiger partial charge in [-0.05, 0) is 18.6 Å². The fourth-order valence-corrected chi connectivity index (χ4v) is 1.63. The molecule has 0 amide bonds. The van der Waals surface area contributed by atoms with Crippen LogP contribution in [0, 0.1) is 0 Å². The first-order valence-electron chi connectivity index (χ1n) is 6.40. The Hall–Kier alpha value is -0.360. The molecule has 0 aliphatic heterocycles. The monoisotopic (exact) mass is 384 g/mol. The summed E-state index contributed by atoms with van der Waals surface area (Å²) in [5, 5.41) is 10.5. The van der Waals surface area contributed by atoms with E-state index in [1.165, 1.54) is 0 Å². The van der Waals surface area contributed by atoms with Crippen molar-refractivity contribution in [1.82, 2.24) is 20.9 Å². The summed E-state index contributed by atoms with van der Waals surface area (Å²) in [5.41, 5.74) is 0. The van der Waals surface area contributed by atoms with Crippen LogP contribution in [-0.2, 0) is 0 Å². The van der Waals surface area contributed by atoms with E-state index in [1.807, 2.05) is 36.8 Å². The molecule has 0 saturated carbocycles. The number of nitrogens with zero attached hydrogens (tertiary/aromatic N) is 1. The van der Waals surface area contributed by atoms with Gasteiger partial charge in [0.05, 0.1) is 13.3 Å². The number of hydrogen-bond acceptors (Lipinski definition) is 4. The van der Waals surface area contributed by atoms with Crippen molar-refractivity contribution in [3.8, 4) is 0 Å². The Bertz CT molecular complexity index is 268. The molecular formula is C13H23BrCl2N4. The molecule has 0 bridgehead atoms. The molecule has 7 heteroatoms. The predicted octanol–water partition coefficient (Wildman–Crippen LogP) is 2.39. The second kappa shape index (κ2) is 16.7. The molecule has 0 aromatic rings. The number of alkyl halides is 3. The van der Waals surface area contributed by atoms with Gasteiger partial charge in [0.1, 0.15) is 0 Å². The van der Waals surface area contributed by atoms with Crippen molar-refractivity contribution in [2.24, 2.45) is 0 Å². The lowest BCUT2D eigenvalue weighted by Gasteiger charge is -2.22. The molecule has 0 spiro atoms. The van der Waals surface area contributed by atoms with Gasteiger partial charge in [0.15, 0.2) is 0 Å². The molecule has 0 atom stereocenters. The van der Waals surface area contributed by atoms with Crippen LogP contribution in [0.15, 0.2) is 36.8 Å². The third-order valence-electron chi connectivity index (χ3n) is 2.18. The van der Waals surface area contributed by atoms with Crippen LogP contribution in [0.3, 0.4) is 0 Å². The summed E-state index contributed by atoms with van der Waals surface area (Å²) in [6, 6.07) is 0. The van der Waals surface area contributed by atoms with Gasteiger partial charge in [-0.3, -0.25) is 4.90 Å². The summed E-state index contributed by atoms with van der Waals surface area (Å²) >= 11 is 14.5. The van der Waals surface area contributed by atoms with E-state index in [0.29, 0.717) is 11.8 Å². The van der Waals surface area contributed by atoms with E-state index in [-0.39, 0.29) is 0 Å². The third-order valence-corrected chi connectivity index (χ3v) is 2.91. The van der Waals surface area contributed by atoms with Crippen LogP contribution in [0.1, 0.15) is 0 Å². The van der Waals surface area contributed by atoms with Crippen molar-refractivity contribution < 1.29 is 0 Å². The van der Waals surface area contributed by atoms with E-state index in [4.69, 9.17) is 23.2 Å². The maximum absolute atomic E-state index is 5.57. The van der Waals surface area contributed by atoms with Gasteiger partial charge in [0.2, 0.25) is 0 Å². The van der Waals surface area contributed by atoms with Crippen molar-refractivity contribution >= 4 is 39.1 Å². The smallest absolute Gasteiger partial charge is 0.0688 e. The van der Waals surface area contributed by atoms with Crippen molar-refractivity contribution in [2.75, 3.05) is 43.5 Å². The van der Waals surface area contributed by atoms with Crippen LogP contribution in [0.2, 0.25) is 0 Å². The van der Waals surface area contributed by atoms with Gasteiger partial charge in [-0.2, -0.15) is 0 Å². The van der Waals surface area contributed by atoms with Crippen molar-refractivity contribution in [2.45, 2.75) is 0 Å². The van der Waals surface area contributed by atoms with Gasteiger partial charge in [0.25, 0.3) is 0 Å².